The fourth-order valence-electron chi connectivity index (χ4n) is 4.59. The number of hydrogen-bond acceptors (Lipinski definition) is 8. The summed E-state index contributed by atoms with van der Waals surface area (Å²) < 4.78 is 73.7. The van der Waals surface area contributed by atoms with Gasteiger partial charge in [0.1, 0.15) is 23.9 Å². The number of carbonyl (C=O) groups is 1. The second-order valence-electron chi connectivity index (χ2n) is 10.0. The zero-order valence-electron chi connectivity index (χ0n) is 22.4. The highest BCUT2D eigenvalue weighted by atomic mass is 19.4. The second kappa shape index (κ2) is 11.6. The van der Waals surface area contributed by atoms with Crippen molar-refractivity contribution in [2.45, 2.75) is 37.0 Å². The van der Waals surface area contributed by atoms with Gasteiger partial charge in [-0.15, -0.1) is 0 Å². The summed E-state index contributed by atoms with van der Waals surface area (Å²) in [7, 11) is 1.33. The molecule has 0 aliphatic carbocycles. The number of nitrogens with two attached hydrogens (primary N) is 1. The molecule has 0 radical (unpaired) electrons. The van der Waals surface area contributed by atoms with Crippen molar-refractivity contribution in [1.29, 1.82) is 0 Å². The molecule has 2 atom stereocenters. The summed E-state index contributed by atoms with van der Waals surface area (Å²) in [4.78, 5) is 17.2. The van der Waals surface area contributed by atoms with Crippen LogP contribution in [0, 0.1) is 5.82 Å². The second-order valence-corrected chi connectivity index (χ2v) is 10.0. The Kier molecular flexibility index (Phi) is 8.57. The van der Waals surface area contributed by atoms with Crippen LogP contribution in [0.1, 0.15) is 41.4 Å². The standard InChI is InChI=1S/C29H30F4N2O6/c1-27(15-34)16-41-26-20(27)14-24(35-25(26)17-3-6-19(30)7-4-17)28(38,29(31,32)33)10-9-21(37)18-5-8-22(40-12-11-36)23(13-18)39-2/h3-8,13-14,36,38H,9-12,15-16,34H2,1-2H3/t27?,28-/m1/s1. The van der Waals surface area contributed by atoms with Crippen molar-refractivity contribution in [3.05, 3.63) is 71.2 Å². The fraction of sp³-hybridized carbons (Fsp3) is 0.379. The van der Waals surface area contributed by atoms with Gasteiger partial charge in [-0.25, -0.2) is 9.37 Å². The van der Waals surface area contributed by atoms with Gasteiger partial charge in [-0.2, -0.15) is 13.2 Å². The van der Waals surface area contributed by atoms with E-state index in [1.165, 1.54) is 37.4 Å². The van der Waals surface area contributed by atoms with E-state index >= 15 is 0 Å². The highest BCUT2D eigenvalue weighted by molar-refractivity contribution is 5.96. The van der Waals surface area contributed by atoms with Gasteiger partial charge in [-0.3, -0.25) is 4.79 Å². The van der Waals surface area contributed by atoms with Crippen molar-refractivity contribution in [1.82, 2.24) is 4.98 Å². The minimum Gasteiger partial charge on any atom is -0.493 e. The Morgan fingerprint density at radius 2 is 1.85 bits per heavy atom. The van der Waals surface area contributed by atoms with Crippen molar-refractivity contribution >= 4 is 5.78 Å². The van der Waals surface area contributed by atoms with Gasteiger partial charge in [-0.05, 0) is 55.0 Å². The van der Waals surface area contributed by atoms with Crippen molar-refractivity contribution in [2.75, 3.05) is 33.5 Å². The first-order chi connectivity index (χ1) is 19.4. The Morgan fingerprint density at radius 3 is 2.46 bits per heavy atom. The molecule has 1 aliphatic rings. The number of ether oxygens (including phenoxy) is 3. The number of fused-ring (bicyclic) bond motifs is 1. The molecule has 41 heavy (non-hydrogen) atoms. The molecule has 4 rings (SSSR count). The molecule has 12 heteroatoms. The summed E-state index contributed by atoms with van der Waals surface area (Å²) in [6.45, 7) is 1.55. The number of Topliss-reactive ketones (excluding diaryl/α,β-unsaturated/α-hetero) is 1. The highest BCUT2D eigenvalue weighted by Crippen LogP contribution is 2.49. The molecule has 0 saturated heterocycles. The third kappa shape index (κ3) is 5.85. The Labute approximate surface area is 233 Å². The fourth-order valence-corrected chi connectivity index (χ4v) is 4.59. The van der Waals surface area contributed by atoms with E-state index in [4.69, 9.17) is 25.1 Å². The molecular weight excluding hydrogens is 548 g/mol. The van der Waals surface area contributed by atoms with Gasteiger partial charge in [0.2, 0.25) is 5.60 Å². The minimum atomic E-state index is -5.22. The minimum absolute atomic E-state index is 0.00752. The lowest BCUT2D eigenvalue weighted by molar-refractivity contribution is -0.270. The van der Waals surface area contributed by atoms with Gasteiger partial charge < -0.3 is 30.2 Å². The summed E-state index contributed by atoms with van der Waals surface area (Å²) in [5, 5.41) is 20.2. The van der Waals surface area contributed by atoms with Crippen LogP contribution in [0.4, 0.5) is 17.6 Å². The molecule has 2 heterocycles. The number of benzene rings is 2. The van der Waals surface area contributed by atoms with E-state index in [1.54, 1.807) is 6.92 Å². The first kappa shape index (κ1) is 30.2. The number of rotatable bonds is 11. The van der Waals surface area contributed by atoms with Crippen LogP contribution in [0.25, 0.3) is 11.3 Å². The summed E-state index contributed by atoms with van der Waals surface area (Å²) in [6, 6.07) is 10.2. The van der Waals surface area contributed by atoms with Crippen LogP contribution in [0.5, 0.6) is 17.2 Å². The highest BCUT2D eigenvalue weighted by Gasteiger charge is 2.57. The number of aliphatic hydroxyl groups excluding tert-OH is 1. The van der Waals surface area contributed by atoms with Gasteiger partial charge in [0.05, 0.1) is 26.0 Å². The lowest BCUT2D eigenvalue weighted by Gasteiger charge is -2.31. The smallest absolute Gasteiger partial charge is 0.422 e. The van der Waals surface area contributed by atoms with E-state index in [0.717, 1.165) is 18.2 Å². The molecular formula is C29H30F4N2O6. The third-order valence-corrected chi connectivity index (χ3v) is 7.17. The molecule has 1 aromatic heterocycles. The van der Waals surface area contributed by atoms with Crippen molar-refractivity contribution in [3.63, 3.8) is 0 Å². The zero-order chi connectivity index (χ0) is 30.0. The SMILES string of the molecule is COc1cc(C(=O)CC[C@@](O)(c2cc3c(c(-c4ccc(F)cc4)n2)OCC3(C)CN)C(F)(F)F)ccc1OCCO. The largest absolute Gasteiger partial charge is 0.493 e. The number of ketones is 1. The Bertz CT molecular complexity index is 1420. The number of aliphatic hydroxyl groups is 2. The molecule has 0 amide bonds. The summed E-state index contributed by atoms with van der Waals surface area (Å²) >= 11 is 0. The van der Waals surface area contributed by atoms with Crippen LogP contribution in [-0.4, -0.2) is 60.6 Å². The predicted octanol–water partition coefficient (Wildman–Crippen LogP) is 4.29. The van der Waals surface area contributed by atoms with Gasteiger partial charge in [0.25, 0.3) is 0 Å². The topological polar surface area (TPSA) is 124 Å². The molecule has 0 bridgehead atoms. The maximum atomic E-state index is 14.6. The molecule has 8 nitrogen and oxygen atoms in total. The van der Waals surface area contributed by atoms with Crippen LogP contribution in [-0.2, 0) is 11.0 Å². The Balaban J connectivity index is 1.73. The van der Waals surface area contributed by atoms with E-state index in [2.05, 4.69) is 4.98 Å². The van der Waals surface area contributed by atoms with E-state index < -0.39 is 47.3 Å². The maximum Gasteiger partial charge on any atom is 0.422 e. The lowest BCUT2D eigenvalue weighted by atomic mass is 9.81. The molecule has 4 N–H and O–H groups in total. The van der Waals surface area contributed by atoms with Gasteiger partial charge in [0, 0.05) is 35.1 Å². The van der Waals surface area contributed by atoms with Crippen LogP contribution in [0.2, 0.25) is 0 Å². The van der Waals surface area contributed by atoms with Gasteiger partial charge in [-0.1, -0.05) is 6.92 Å². The normalized spacial score (nSPS) is 17.9. The van der Waals surface area contributed by atoms with Gasteiger partial charge in [0.15, 0.2) is 17.3 Å². The Hall–Kier alpha value is -3.74. The van der Waals surface area contributed by atoms with E-state index in [-0.39, 0.29) is 60.4 Å². The number of pyridine rings is 1. The predicted molar refractivity (Wildman–Crippen MR) is 141 cm³/mol. The maximum absolute atomic E-state index is 14.6. The number of aromatic nitrogens is 1. The zero-order valence-corrected chi connectivity index (χ0v) is 22.4. The Morgan fingerprint density at radius 1 is 1.15 bits per heavy atom. The number of methoxy groups -OCH3 is 1. The molecule has 0 spiro atoms. The van der Waals surface area contributed by atoms with Crippen LogP contribution < -0.4 is 19.9 Å². The van der Waals surface area contributed by atoms with Crippen molar-refractivity contribution in [3.8, 4) is 28.5 Å². The summed E-state index contributed by atoms with van der Waals surface area (Å²) in [5.41, 5.74) is 1.47. The number of carbonyl (C=O) groups excluding carboxylic acids is 1. The third-order valence-electron chi connectivity index (χ3n) is 7.17. The first-order valence-electron chi connectivity index (χ1n) is 12.8. The molecule has 1 aliphatic heterocycles. The number of hydrogen-bond donors (Lipinski definition) is 3. The van der Waals surface area contributed by atoms with Crippen LogP contribution >= 0.6 is 0 Å². The van der Waals surface area contributed by atoms with Crippen molar-refractivity contribution < 1.29 is 46.8 Å². The van der Waals surface area contributed by atoms with Crippen LogP contribution in [0.3, 0.4) is 0 Å². The average Bonchev–Trinajstić information content (AvgIpc) is 3.30. The average molecular weight is 579 g/mol. The number of halogens is 4. The number of nitrogens with zero attached hydrogens (tertiary/aromatic N) is 1. The summed E-state index contributed by atoms with van der Waals surface area (Å²) in [6.07, 6.45) is -6.94. The molecule has 220 valence electrons. The quantitative estimate of drug-likeness (QED) is 0.228. The summed E-state index contributed by atoms with van der Waals surface area (Å²) in [5.74, 6) is -0.644. The molecule has 2 aromatic carbocycles. The first-order valence-corrected chi connectivity index (χ1v) is 12.8. The molecule has 1 unspecified atom stereocenters. The molecule has 0 saturated carbocycles. The lowest BCUT2D eigenvalue weighted by Crippen LogP contribution is -2.44. The van der Waals surface area contributed by atoms with Crippen molar-refractivity contribution in [2.24, 2.45) is 5.73 Å². The molecule has 3 aromatic rings. The molecule has 0 fully saturated rings. The van der Waals surface area contributed by atoms with E-state index in [0.29, 0.717) is 5.56 Å². The monoisotopic (exact) mass is 578 g/mol. The van der Waals surface area contributed by atoms with Gasteiger partial charge >= 0.3 is 6.18 Å². The van der Waals surface area contributed by atoms with E-state index in [9.17, 15) is 27.5 Å². The van der Waals surface area contributed by atoms with Crippen LogP contribution in [0.15, 0.2) is 48.5 Å². The van der Waals surface area contributed by atoms with E-state index in [1.807, 2.05) is 0 Å². The number of alkyl halides is 3.